The molecule has 0 aliphatic rings. The van der Waals surface area contributed by atoms with E-state index in [1.54, 1.807) is 6.92 Å². The summed E-state index contributed by atoms with van der Waals surface area (Å²) in [6.45, 7) is 3.11. The minimum atomic E-state index is -3.56. The highest BCUT2D eigenvalue weighted by Gasteiger charge is 2.21. The van der Waals surface area contributed by atoms with Crippen molar-refractivity contribution in [2.75, 3.05) is 5.75 Å². The highest BCUT2D eigenvalue weighted by Crippen LogP contribution is 2.08. The Morgan fingerprint density at radius 3 is 2.17 bits per heavy atom. The molecule has 0 bridgehead atoms. The van der Waals surface area contributed by atoms with E-state index >= 15 is 0 Å². The Morgan fingerprint density at radius 1 is 1.42 bits per heavy atom. The van der Waals surface area contributed by atoms with Crippen LogP contribution >= 0.6 is 0 Å². The van der Waals surface area contributed by atoms with E-state index in [1.165, 1.54) is 13.0 Å². The number of carboxylic acids is 1. The van der Waals surface area contributed by atoms with Crippen molar-refractivity contribution >= 4 is 15.8 Å². The summed E-state index contributed by atoms with van der Waals surface area (Å²) in [6, 6.07) is 0. The Balaban J connectivity index is 5.04. The molecule has 0 saturated heterocycles. The van der Waals surface area contributed by atoms with Gasteiger partial charge in [0.15, 0.2) is 9.84 Å². The number of rotatable bonds is 4. The lowest BCUT2D eigenvalue weighted by molar-refractivity contribution is -0.131. The first kappa shape index (κ1) is 11.2. The van der Waals surface area contributed by atoms with Crippen molar-refractivity contribution in [1.29, 1.82) is 0 Å². The van der Waals surface area contributed by atoms with Gasteiger partial charge in [-0.2, -0.15) is 0 Å². The molecule has 4 nitrogen and oxygen atoms in total. The van der Waals surface area contributed by atoms with Crippen molar-refractivity contribution in [3.05, 3.63) is 11.0 Å². The predicted octanol–water partition coefficient (Wildman–Crippen LogP) is 0.800. The monoisotopic (exact) mass is 192 g/mol. The topological polar surface area (TPSA) is 71.4 Å². The fourth-order valence-corrected chi connectivity index (χ4v) is 1.69. The first-order chi connectivity index (χ1) is 5.45. The molecule has 0 fully saturated rings. The molecular formula is C7H12O4S. The molecule has 0 atom stereocenters. The molecule has 0 aromatic heterocycles. The summed E-state index contributed by atoms with van der Waals surface area (Å²) in [5.41, 5.74) is 0. The van der Waals surface area contributed by atoms with Crippen LogP contribution in [0.3, 0.4) is 0 Å². The van der Waals surface area contributed by atoms with Crippen LogP contribution in [0.4, 0.5) is 0 Å². The van der Waals surface area contributed by atoms with Crippen molar-refractivity contribution in [2.24, 2.45) is 0 Å². The lowest BCUT2D eigenvalue weighted by Gasteiger charge is -2.00. The fraction of sp³-hybridized carbons (Fsp3) is 0.571. The van der Waals surface area contributed by atoms with Crippen molar-refractivity contribution in [3.8, 4) is 0 Å². The van der Waals surface area contributed by atoms with Crippen LogP contribution in [0.25, 0.3) is 0 Å². The molecule has 0 aliphatic heterocycles. The molecule has 0 radical (unpaired) electrons. The van der Waals surface area contributed by atoms with E-state index < -0.39 is 20.7 Å². The number of aliphatic carboxylic acids is 1. The molecule has 70 valence electrons. The molecule has 1 N–H and O–H groups in total. The van der Waals surface area contributed by atoms with Gasteiger partial charge in [0, 0.05) is 0 Å². The van der Waals surface area contributed by atoms with E-state index in [0.717, 1.165) is 0 Å². The summed E-state index contributed by atoms with van der Waals surface area (Å²) in [6.07, 6.45) is 1.61. The number of hydrogen-bond donors (Lipinski definition) is 1. The number of hydrogen-bond acceptors (Lipinski definition) is 3. The summed E-state index contributed by atoms with van der Waals surface area (Å²) >= 11 is 0. The molecule has 12 heavy (non-hydrogen) atoms. The third kappa shape index (κ3) is 2.65. The van der Waals surface area contributed by atoms with Gasteiger partial charge in [0.2, 0.25) is 0 Å². The van der Waals surface area contributed by atoms with Crippen LogP contribution in [0.5, 0.6) is 0 Å². The predicted molar refractivity (Wildman–Crippen MR) is 45.5 cm³/mol. The van der Waals surface area contributed by atoms with Gasteiger partial charge in [-0.1, -0.05) is 19.9 Å². The zero-order chi connectivity index (χ0) is 9.78. The Morgan fingerprint density at radius 2 is 1.92 bits per heavy atom. The van der Waals surface area contributed by atoms with Gasteiger partial charge < -0.3 is 5.11 Å². The Kier molecular flexibility index (Phi) is 3.95. The third-order valence-electron chi connectivity index (χ3n) is 1.32. The smallest absolute Gasteiger partial charge is 0.346 e. The van der Waals surface area contributed by atoms with Gasteiger partial charge >= 0.3 is 5.97 Å². The average Bonchev–Trinajstić information content (AvgIpc) is 1.99. The number of carbonyl (C=O) groups is 1. The van der Waals surface area contributed by atoms with Gasteiger partial charge in [-0.25, -0.2) is 13.2 Å². The molecule has 5 heteroatoms. The van der Waals surface area contributed by atoms with E-state index in [4.69, 9.17) is 5.11 Å². The van der Waals surface area contributed by atoms with E-state index in [-0.39, 0.29) is 5.75 Å². The first-order valence-electron chi connectivity index (χ1n) is 3.62. The molecule has 0 saturated carbocycles. The van der Waals surface area contributed by atoms with Crippen LogP contribution in [0.2, 0.25) is 0 Å². The molecule has 0 aromatic rings. The molecule has 0 rings (SSSR count). The molecule has 0 amide bonds. The van der Waals surface area contributed by atoms with Gasteiger partial charge in [0.1, 0.15) is 4.91 Å². The number of carboxylic acid groups (broad SMARTS) is 1. The quantitative estimate of drug-likeness (QED) is 0.669. The zero-order valence-electron chi connectivity index (χ0n) is 7.07. The Labute approximate surface area is 71.8 Å². The maximum absolute atomic E-state index is 11.1. The highest BCUT2D eigenvalue weighted by molar-refractivity contribution is 7.96. The third-order valence-corrected chi connectivity index (χ3v) is 3.09. The lowest BCUT2D eigenvalue weighted by Crippen LogP contribution is -2.14. The highest BCUT2D eigenvalue weighted by atomic mass is 32.2. The van der Waals surface area contributed by atoms with Crippen LogP contribution in [0.1, 0.15) is 20.3 Å². The van der Waals surface area contributed by atoms with E-state index in [2.05, 4.69) is 0 Å². The van der Waals surface area contributed by atoms with Crippen LogP contribution in [-0.2, 0) is 14.6 Å². The van der Waals surface area contributed by atoms with Gasteiger partial charge in [-0.05, 0) is 6.42 Å². The summed E-state index contributed by atoms with van der Waals surface area (Å²) in [4.78, 5) is 9.95. The second-order valence-electron chi connectivity index (χ2n) is 2.19. The second-order valence-corrected chi connectivity index (χ2v) is 4.43. The molecule has 0 aliphatic carbocycles. The first-order valence-corrected chi connectivity index (χ1v) is 5.27. The van der Waals surface area contributed by atoms with Gasteiger partial charge in [-0.3, -0.25) is 0 Å². The fourth-order valence-electron chi connectivity index (χ4n) is 0.688. The maximum Gasteiger partial charge on any atom is 0.346 e. The van der Waals surface area contributed by atoms with E-state index in [1.807, 2.05) is 0 Å². The van der Waals surface area contributed by atoms with Crippen molar-refractivity contribution < 1.29 is 18.3 Å². The van der Waals surface area contributed by atoms with Crippen LogP contribution in [0.15, 0.2) is 11.0 Å². The van der Waals surface area contributed by atoms with Gasteiger partial charge in [-0.15, -0.1) is 0 Å². The summed E-state index contributed by atoms with van der Waals surface area (Å²) in [5, 5.41) is 8.52. The van der Waals surface area contributed by atoms with Crippen molar-refractivity contribution in [2.45, 2.75) is 20.3 Å². The second kappa shape index (κ2) is 4.25. The minimum absolute atomic E-state index is 0.175. The molecule has 0 spiro atoms. The van der Waals surface area contributed by atoms with Crippen molar-refractivity contribution in [3.63, 3.8) is 0 Å². The normalized spacial score (nSPS) is 13.0. The standard InChI is InChI=1S/C7H12O4S/c1-3-5-6(7(8)9)12(10,11)4-2/h5H,3-4H2,1-2H3,(H,8,9)/b6-5+. The Bertz CT molecular complexity index is 287. The van der Waals surface area contributed by atoms with Crippen LogP contribution in [0, 0.1) is 0 Å². The van der Waals surface area contributed by atoms with Crippen LogP contribution < -0.4 is 0 Å². The molecule has 0 aromatic carbocycles. The molecular weight excluding hydrogens is 180 g/mol. The minimum Gasteiger partial charge on any atom is -0.477 e. The average molecular weight is 192 g/mol. The SMILES string of the molecule is CC/C=C(\C(=O)O)S(=O)(=O)CC. The number of allylic oxidation sites excluding steroid dienone is 1. The summed E-state index contributed by atoms with van der Waals surface area (Å²) < 4.78 is 22.2. The van der Waals surface area contributed by atoms with Crippen LogP contribution in [-0.4, -0.2) is 25.2 Å². The lowest BCUT2D eigenvalue weighted by atomic mass is 10.4. The summed E-state index contributed by atoms with van der Waals surface area (Å²) in [5.74, 6) is -1.55. The van der Waals surface area contributed by atoms with Crippen molar-refractivity contribution in [1.82, 2.24) is 0 Å². The zero-order valence-corrected chi connectivity index (χ0v) is 7.89. The largest absolute Gasteiger partial charge is 0.477 e. The van der Waals surface area contributed by atoms with Gasteiger partial charge in [0.05, 0.1) is 5.75 Å². The summed E-state index contributed by atoms with van der Waals surface area (Å²) in [7, 11) is -3.56. The number of sulfone groups is 1. The van der Waals surface area contributed by atoms with E-state index in [9.17, 15) is 13.2 Å². The molecule has 0 unspecified atom stereocenters. The van der Waals surface area contributed by atoms with Gasteiger partial charge in [0.25, 0.3) is 0 Å². The maximum atomic E-state index is 11.1. The Hall–Kier alpha value is -0.840. The molecule has 0 heterocycles. The van der Waals surface area contributed by atoms with E-state index in [0.29, 0.717) is 6.42 Å².